The number of hydrogen-bond donors (Lipinski definition) is 0. The van der Waals surface area contributed by atoms with Gasteiger partial charge in [0.2, 0.25) is 0 Å². The van der Waals surface area contributed by atoms with Gasteiger partial charge in [-0.05, 0) is 24.6 Å². The van der Waals surface area contributed by atoms with Crippen molar-refractivity contribution in [3.8, 4) is 16.2 Å². The highest BCUT2D eigenvalue weighted by atomic mass is 32.1. The Bertz CT molecular complexity index is 481. The first-order chi connectivity index (χ1) is 7.19. The average Bonchev–Trinajstić information content (AvgIpc) is 2.64. The van der Waals surface area contributed by atoms with Crippen molar-refractivity contribution in [2.75, 3.05) is 7.11 Å². The highest BCUT2D eigenvalue weighted by molar-refractivity contribution is 7.15. The van der Waals surface area contributed by atoms with Crippen molar-refractivity contribution >= 4 is 11.3 Å². The molecule has 2 nitrogen and oxygen atoms in total. The third-order valence-electron chi connectivity index (χ3n) is 2.01. The molecule has 0 spiro atoms. The molecule has 15 heavy (non-hydrogen) atoms. The molecule has 0 aliphatic carbocycles. The normalized spacial score (nSPS) is 10.3. The van der Waals surface area contributed by atoms with Crippen LogP contribution in [0.5, 0.6) is 5.75 Å². The van der Waals surface area contributed by atoms with Crippen LogP contribution in [0.25, 0.3) is 10.4 Å². The van der Waals surface area contributed by atoms with Crippen LogP contribution in [0, 0.1) is 12.7 Å². The fraction of sp³-hybridized carbons (Fsp3) is 0.182. The maximum atomic E-state index is 13.2. The van der Waals surface area contributed by atoms with Gasteiger partial charge < -0.3 is 4.74 Å². The van der Waals surface area contributed by atoms with E-state index in [9.17, 15) is 4.39 Å². The number of benzene rings is 1. The quantitative estimate of drug-likeness (QED) is 0.779. The summed E-state index contributed by atoms with van der Waals surface area (Å²) in [6, 6.07) is 4.64. The van der Waals surface area contributed by atoms with Crippen molar-refractivity contribution in [1.29, 1.82) is 0 Å². The predicted molar refractivity (Wildman–Crippen MR) is 58.8 cm³/mol. The smallest absolute Gasteiger partial charge is 0.127 e. The predicted octanol–water partition coefficient (Wildman–Crippen LogP) is 3.27. The Kier molecular flexibility index (Phi) is 2.68. The summed E-state index contributed by atoms with van der Waals surface area (Å²) in [5.74, 6) is 0.228. The molecule has 78 valence electrons. The van der Waals surface area contributed by atoms with Gasteiger partial charge in [-0.15, -0.1) is 11.3 Å². The SMILES string of the molecule is COc1cc(F)cc(-c2cnc(C)s2)c1. The van der Waals surface area contributed by atoms with E-state index in [2.05, 4.69) is 4.98 Å². The number of rotatable bonds is 2. The summed E-state index contributed by atoms with van der Waals surface area (Å²) in [6.45, 7) is 1.92. The third kappa shape index (κ3) is 2.15. The molecule has 0 radical (unpaired) electrons. The first-order valence-electron chi connectivity index (χ1n) is 4.46. The van der Waals surface area contributed by atoms with E-state index in [1.807, 2.05) is 6.92 Å². The highest BCUT2D eigenvalue weighted by Crippen LogP contribution is 2.29. The van der Waals surface area contributed by atoms with Gasteiger partial charge in [-0.3, -0.25) is 0 Å². The molecule has 0 fully saturated rings. The Morgan fingerprint density at radius 1 is 1.33 bits per heavy atom. The summed E-state index contributed by atoms with van der Waals surface area (Å²) in [5.41, 5.74) is 0.803. The van der Waals surface area contributed by atoms with Crippen LogP contribution in [0.3, 0.4) is 0 Å². The highest BCUT2D eigenvalue weighted by Gasteiger charge is 2.05. The van der Waals surface area contributed by atoms with Crippen molar-refractivity contribution in [3.05, 3.63) is 35.2 Å². The molecule has 2 aromatic rings. The van der Waals surface area contributed by atoms with Crippen LogP contribution < -0.4 is 4.74 Å². The summed E-state index contributed by atoms with van der Waals surface area (Å²) in [7, 11) is 1.52. The first kappa shape index (κ1) is 10.1. The number of halogens is 1. The molecular formula is C11H10FNOS. The van der Waals surface area contributed by atoms with Crippen LogP contribution in [0.2, 0.25) is 0 Å². The zero-order valence-electron chi connectivity index (χ0n) is 8.45. The van der Waals surface area contributed by atoms with Crippen LogP contribution in [-0.2, 0) is 0 Å². The largest absolute Gasteiger partial charge is 0.497 e. The van der Waals surface area contributed by atoms with Crippen molar-refractivity contribution in [2.24, 2.45) is 0 Å². The lowest BCUT2D eigenvalue weighted by Gasteiger charge is -2.02. The molecule has 0 aliphatic rings. The summed E-state index contributed by atoms with van der Waals surface area (Å²) >= 11 is 1.54. The lowest BCUT2D eigenvalue weighted by atomic mass is 10.2. The molecule has 1 aromatic heterocycles. The third-order valence-corrected chi connectivity index (χ3v) is 2.97. The maximum absolute atomic E-state index is 13.2. The Hall–Kier alpha value is -1.42. The van der Waals surface area contributed by atoms with E-state index in [0.29, 0.717) is 5.75 Å². The van der Waals surface area contributed by atoms with Gasteiger partial charge in [0, 0.05) is 12.3 Å². The second-order valence-electron chi connectivity index (χ2n) is 3.12. The Balaban J connectivity index is 2.48. The summed E-state index contributed by atoms with van der Waals surface area (Å²) in [5, 5.41) is 0.966. The number of ether oxygens (including phenoxy) is 1. The lowest BCUT2D eigenvalue weighted by Crippen LogP contribution is -1.85. The van der Waals surface area contributed by atoms with Crippen LogP contribution in [0.4, 0.5) is 4.39 Å². The Labute approximate surface area is 91.4 Å². The Morgan fingerprint density at radius 2 is 2.13 bits per heavy atom. The number of nitrogens with zero attached hydrogens (tertiary/aromatic N) is 1. The van der Waals surface area contributed by atoms with E-state index < -0.39 is 0 Å². The molecule has 0 unspecified atom stereocenters. The van der Waals surface area contributed by atoms with E-state index in [1.165, 1.54) is 30.6 Å². The van der Waals surface area contributed by atoms with Gasteiger partial charge in [0.15, 0.2) is 0 Å². The standard InChI is InChI=1S/C11H10FNOS/c1-7-13-6-11(15-7)8-3-9(12)5-10(4-8)14-2/h3-6H,1-2H3. The van der Waals surface area contributed by atoms with E-state index in [-0.39, 0.29) is 5.82 Å². The minimum atomic E-state index is -0.296. The average molecular weight is 223 g/mol. The molecule has 0 aliphatic heterocycles. The molecular weight excluding hydrogens is 213 g/mol. The van der Waals surface area contributed by atoms with Crippen LogP contribution in [0.15, 0.2) is 24.4 Å². The van der Waals surface area contributed by atoms with Crippen molar-refractivity contribution in [1.82, 2.24) is 4.98 Å². The fourth-order valence-corrected chi connectivity index (χ4v) is 2.08. The van der Waals surface area contributed by atoms with Crippen molar-refractivity contribution in [3.63, 3.8) is 0 Å². The van der Waals surface area contributed by atoms with Gasteiger partial charge in [0.1, 0.15) is 11.6 Å². The van der Waals surface area contributed by atoms with Crippen molar-refractivity contribution < 1.29 is 9.13 Å². The van der Waals surface area contributed by atoms with E-state index in [0.717, 1.165) is 15.4 Å². The van der Waals surface area contributed by atoms with Crippen LogP contribution in [0.1, 0.15) is 5.01 Å². The number of thiazole rings is 1. The summed E-state index contributed by atoms with van der Waals surface area (Å²) in [4.78, 5) is 5.08. The van der Waals surface area contributed by atoms with Gasteiger partial charge in [-0.1, -0.05) is 0 Å². The molecule has 0 saturated carbocycles. The topological polar surface area (TPSA) is 22.1 Å². The van der Waals surface area contributed by atoms with Gasteiger partial charge in [-0.2, -0.15) is 0 Å². The van der Waals surface area contributed by atoms with Gasteiger partial charge in [-0.25, -0.2) is 9.37 Å². The van der Waals surface area contributed by atoms with E-state index in [4.69, 9.17) is 4.74 Å². The Morgan fingerprint density at radius 3 is 2.73 bits per heavy atom. The number of hydrogen-bond acceptors (Lipinski definition) is 3. The van der Waals surface area contributed by atoms with Crippen LogP contribution >= 0.6 is 11.3 Å². The second-order valence-corrected chi connectivity index (χ2v) is 4.36. The zero-order valence-corrected chi connectivity index (χ0v) is 9.27. The van der Waals surface area contributed by atoms with Crippen molar-refractivity contribution in [2.45, 2.75) is 6.92 Å². The summed E-state index contributed by atoms with van der Waals surface area (Å²) in [6.07, 6.45) is 1.74. The molecule has 0 amide bonds. The van der Waals surface area contributed by atoms with Crippen LogP contribution in [-0.4, -0.2) is 12.1 Å². The monoisotopic (exact) mass is 223 g/mol. The first-order valence-corrected chi connectivity index (χ1v) is 5.28. The summed E-state index contributed by atoms with van der Waals surface area (Å²) < 4.78 is 18.2. The van der Waals surface area contributed by atoms with Gasteiger partial charge in [0.05, 0.1) is 17.0 Å². The zero-order chi connectivity index (χ0) is 10.8. The second kappa shape index (κ2) is 3.98. The molecule has 0 N–H and O–H groups in total. The van der Waals surface area contributed by atoms with Gasteiger partial charge >= 0.3 is 0 Å². The van der Waals surface area contributed by atoms with E-state index in [1.54, 1.807) is 12.3 Å². The molecule has 1 heterocycles. The molecule has 0 bridgehead atoms. The number of aromatic nitrogens is 1. The van der Waals surface area contributed by atoms with Gasteiger partial charge in [0.25, 0.3) is 0 Å². The minimum absolute atomic E-state index is 0.296. The maximum Gasteiger partial charge on any atom is 0.127 e. The molecule has 1 aromatic carbocycles. The molecule has 4 heteroatoms. The number of aryl methyl sites for hydroxylation is 1. The minimum Gasteiger partial charge on any atom is -0.497 e. The molecule has 0 saturated heterocycles. The van der Waals surface area contributed by atoms with E-state index >= 15 is 0 Å². The number of methoxy groups -OCH3 is 1. The fourth-order valence-electron chi connectivity index (χ4n) is 1.32. The lowest BCUT2D eigenvalue weighted by molar-refractivity contribution is 0.411. The molecule has 2 rings (SSSR count). The molecule has 0 atom stereocenters.